The van der Waals surface area contributed by atoms with Crippen molar-refractivity contribution < 1.29 is 31.9 Å². The highest BCUT2D eigenvalue weighted by Gasteiger charge is 2.27. The van der Waals surface area contributed by atoms with Gasteiger partial charge < -0.3 is 9.64 Å². The zero-order valence-electron chi connectivity index (χ0n) is 15.7. The van der Waals surface area contributed by atoms with Gasteiger partial charge in [0, 0.05) is 44.6 Å². The van der Waals surface area contributed by atoms with Crippen LogP contribution in [0.1, 0.15) is 24.8 Å². The van der Waals surface area contributed by atoms with E-state index in [0.717, 1.165) is 4.90 Å². The van der Waals surface area contributed by atoms with Crippen LogP contribution in [-0.2, 0) is 31.0 Å². The Morgan fingerprint density at radius 2 is 1.79 bits per heavy atom. The predicted octanol–water partition coefficient (Wildman–Crippen LogP) is 0.00520. The minimum absolute atomic E-state index is 0.0549. The summed E-state index contributed by atoms with van der Waals surface area (Å²) in [6.45, 7) is -0.301. The molecule has 0 saturated carbocycles. The first kappa shape index (κ1) is 21.2. The molecule has 0 aliphatic carbocycles. The van der Waals surface area contributed by atoms with Gasteiger partial charge in [0.2, 0.25) is 21.8 Å². The molecular formula is C18H22FN3O6S. The SMILES string of the molecule is O=C1COc2ccc(F)cc2CN1CCNS(=O)(=O)CCN1C(=O)CCCC1=O. The summed E-state index contributed by atoms with van der Waals surface area (Å²) in [7, 11) is -3.75. The number of fused-ring (bicyclic) bond motifs is 1. The van der Waals surface area contributed by atoms with Gasteiger partial charge in [-0.15, -0.1) is 0 Å². The number of halogens is 1. The standard InChI is InChI=1S/C18H22FN3O6S/c19-14-4-5-15-13(10-14)11-21(18(25)12-28-15)7-6-20-29(26,27)9-8-22-16(23)2-1-3-17(22)24/h4-5,10,20H,1-3,6-9,11-12H2. The van der Waals surface area contributed by atoms with Crippen molar-refractivity contribution in [1.29, 1.82) is 0 Å². The molecule has 2 heterocycles. The van der Waals surface area contributed by atoms with E-state index in [9.17, 15) is 27.2 Å². The van der Waals surface area contributed by atoms with Crippen molar-refractivity contribution in [2.24, 2.45) is 0 Å². The van der Waals surface area contributed by atoms with Gasteiger partial charge in [0.05, 0.1) is 5.75 Å². The Bertz CT molecular complexity index is 904. The first-order valence-corrected chi connectivity index (χ1v) is 10.9. The second kappa shape index (κ2) is 8.87. The minimum Gasteiger partial charge on any atom is -0.483 e. The molecule has 3 amide bonds. The molecular weight excluding hydrogens is 405 g/mol. The van der Waals surface area contributed by atoms with Crippen molar-refractivity contribution in [3.05, 3.63) is 29.6 Å². The Balaban J connectivity index is 1.52. The van der Waals surface area contributed by atoms with E-state index in [4.69, 9.17) is 4.74 Å². The maximum atomic E-state index is 13.5. The summed E-state index contributed by atoms with van der Waals surface area (Å²) in [6, 6.07) is 3.97. The van der Waals surface area contributed by atoms with Gasteiger partial charge in [-0.25, -0.2) is 17.5 Å². The number of sulfonamides is 1. The van der Waals surface area contributed by atoms with E-state index in [2.05, 4.69) is 4.72 Å². The second-order valence-electron chi connectivity index (χ2n) is 6.86. The van der Waals surface area contributed by atoms with Gasteiger partial charge in [-0.2, -0.15) is 0 Å². The Kier molecular flexibility index (Phi) is 6.48. The molecule has 0 spiro atoms. The summed E-state index contributed by atoms with van der Waals surface area (Å²) in [6.07, 6.45) is 0.959. The van der Waals surface area contributed by atoms with E-state index in [1.165, 1.54) is 23.1 Å². The molecule has 1 aromatic carbocycles. The van der Waals surface area contributed by atoms with Crippen LogP contribution in [0.4, 0.5) is 4.39 Å². The predicted molar refractivity (Wildman–Crippen MR) is 99.7 cm³/mol. The quantitative estimate of drug-likeness (QED) is 0.613. The fraction of sp³-hybridized carbons (Fsp3) is 0.500. The number of rotatable bonds is 7. The number of ether oxygens (including phenoxy) is 1. The molecule has 1 aromatic rings. The Morgan fingerprint density at radius 3 is 2.52 bits per heavy atom. The molecule has 0 bridgehead atoms. The monoisotopic (exact) mass is 427 g/mol. The third-order valence-electron chi connectivity index (χ3n) is 4.76. The molecule has 29 heavy (non-hydrogen) atoms. The van der Waals surface area contributed by atoms with Crippen molar-refractivity contribution in [3.8, 4) is 5.75 Å². The number of carbonyl (C=O) groups is 3. The summed E-state index contributed by atoms with van der Waals surface area (Å²) >= 11 is 0. The number of hydrogen-bond acceptors (Lipinski definition) is 6. The molecule has 0 atom stereocenters. The fourth-order valence-electron chi connectivity index (χ4n) is 3.21. The van der Waals surface area contributed by atoms with Crippen molar-refractivity contribution in [2.45, 2.75) is 25.8 Å². The maximum absolute atomic E-state index is 13.5. The number of carbonyl (C=O) groups excluding carboxylic acids is 3. The number of nitrogens with zero attached hydrogens (tertiary/aromatic N) is 2. The van der Waals surface area contributed by atoms with Gasteiger partial charge in [-0.1, -0.05) is 0 Å². The molecule has 0 radical (unpaired) electrons. The van der Waals surface area contributed by atoms with E-state index in [-0.39, 0.29) is 63.3 Å². The molecule has 0 aromatic heterocycles. The zero-order chi connectivity index (χ0) is 21.0. The van der Waals surface area contributed by atoms with E-state index in [1.807, 2.05) is 0 Å². The normalized spacial score (nSPS) is 17.8. The smallest absolute Gasteiger partial charge is 0.260 e. The lowest BCUT2D eigenvalue weighted by Gasteiger charge is -2.24. The molecule has 1 fully saturated rings. The Morgan fingerprint density at radius 1 is 1.07 bits per heavy atom. The second-order valence-corrected chi connectivity index (χ2v) is 8.79. The largest absolute Gasteiger partial charge is 0.483 e. The third kappa shape index (κ3) is 5.51. The maximum Gasteiger partial charge on any atom is 0.260 e. The van der Waals surface area contributed by atoms with Crippen molar-refractivity contribution in [3.63, 3.8) is 0 Å². The van der Waals surface area contributed by atoms with E-state index in [1.54, 1.807) is 0 Å². The lowest BCUT2D eigenvalue weighted by atomic mass is 10.1. The number of amides is 3. The number of nitrogens with one attached hydrogen (secondary N) is 1. The average Bonchev–Trinajstić information content (AvgIpc) is 2.80. The number of likely N-dealkylation sites (tertiary alicyclic amines) is 1. The molecule has 3 rings (SSSR count). The minimum atomic E-state index is -3.75. The van der Waals surface area contributed by atoms with Crippen LogP contribution in [0.3, 0.4) is 0 Å². The molecule has 1 N–H and O–H groups in total. The summed E-state index contributed by atoms with van der Waals surface area (Å²) < 4.78 is 45.5. The van der Waals surface area contributed by atoms with Crippen LogP contribution in [0.25, 0.3) is 0 Å². The van der Waals surface area contributed by atoms with Crippen LogP contribution >= 0.6 is 0 Å². The topological polar surface area (TPSA) is 113 Å². The van der Waals surface area contributed by atoms with Gasteiger partial charge in [0.25, 0.3) is 5.91 Å². The first-order valence-electron chi connectivity index (χ1n) is 9.25. The van der Waals surface area contributed by atoms with Crippen LogP contribution < -0.4 is 9.46 Å². The molecule has 1 saturated heterocycles. The van der Waals surface area contributed by atoms with Crippen molar-refractivity contribution in [1.82, 2.24) is 14.5 Å². The average molecular weight is 427 g/mol. The lowest BCUT2D eigenvalue weighted by Crippen LogP contribution is -2.45. The first-order chi connectivity index (χ1) is 13.7. The molecule has 0 unspecified atom stereocenters. The Labute approximate surface area is 167 Å². The van der Waals surface area contributed by atoms with Gasteiger partial charge in [0.15, 0.2) is 6.61 Å². The number of hydrogen-bond donors (Lipinski definition) is 1. The van der Waals surface area contributed by atoms with E-state index in [0.29, 0.717) is 17.7 Å². The summed E-state index contributed by atoms with van der Waals surface area (Å²) in [5.41, 5.74) is 0.501. The van der Waals surface area contributed by atoms with Gasteiger partial charge >= 0.3 is 0 Å². The molecule has 9 nitrogen and oxygen atoms in total. The molecule has 2 aliphatic heterocycles. The van der Waals surface area contributed by atoms with Gasteiger partial charge in [-0.3, -0.25) is 19.3 Å². The van der Waals surface area contributed by atoms with Gasteiger partial charge in [-0.05, 0) is 24.6 Å². The van der Waals surface area contributed by atoms with Crippen LogP contribution in [0, 0.1) is 5.82 Å². The van der Waals surface area contributed by atoms with Crippen molar-refractivity contribution >= 4 is 27.7 Å². The van der Waals surface area contributed by atoms with E-state index < -0.39 is 21.6 Å². The van der Waals surface area contributed by atoms with Crippen LogP contribution in [0.2, 0.25) is 0 Å². The number of imide groups is 1. The lowest BCUT2D eigenvalue weighted by molar-refractivity contribution is -0.147. The highest BCUT2D eigenvalue weighted by Crippen LogP contribution is 2.24. The number of piperidine rings is 1. The molecule has 11 heteroatoms. The fourth-order valence-corrected chi connectivity index (χ4v) is 4.18. The molecule has 2 aliphatic rings. The summed E-state index contributed by atoms with van der Waals surface area (Å²) in [5, 5.41) is 0. The van der Waals surface area contributed by atoms with Crippen LogP contribution in [0.15, 0.2) is 18.2 Å². The zero-order valence-corrected chi connectivity index (χ0v) is 16.5. The number of benzene rings is 1. The van der Waals surface area contributed by atoms with Crippen molar-refractivity contribution in [2.75, 3.05) is 32.0 Å². The van der Waals surface area contributed by atoms with E-state index >= 15 is 0 Å². The Hall–Kier alpha value is -2.53. The molecule has 158 valence electrons. The van der Waals surface area contributed by atoms with Gasteiger partial charge in [0.1, 0.15) is 11.6 Å². The third-order valence-corrected chi connectivity index (χ3v) is 6.12. The highest BCUT2D eigenvalue weighted by molar-refractivity contribution is 7.89. The summed E-state index contributed by atoms with van der Waals surface area (Å²) in [5.74, 6) is -1.52. The highest BCUT2D eigenvalue weighted by atomic mass is 32.2. The van der Waals surface area contributed by atoms with Crippen LogP contribution in [0.5, 0.6) is 5.75 Å². The van der Waals surface area contributed by atoms with Crippen LogP contribution in [-0.4, -0.2) is 67.9 Å². The summed E-state index contributed by atoms with van der Waals surface area (Å²) in [4.78, 5) is 38.0.